The minimum atomic E-state index is 0.974. The van der Waals surface area contributed by atoms with E-state index < -0.39 is 0 Å². The van der Waals surface area contributed by atoms with E-state index >= 15 is 0 Å². The molecule has 0 unspecified atom stereocenters. The van der Waals surface area contributed by atoms with Crippen LogP contribution in [0.3, 0.4) is 0 Å². The molecule has 1 saturated heterocycles. The van der Waals surface area contributed by atoms with Crippen LogP contribution < -0.4 is 5.43 Å². The summed E-state index contributed by atoms with van der Waals surface area (Å²) in [6, 6.07) is 0. The summed E-state index contributed by atoms with van der Waals surface area (Å²) in [7, 11) is 0. The Balaban J connectivity index is 2.12. The predicted molar refractivity (Wildman–Crippen MR) is 29.8 cm³/mol. The highest BCUT2D eigenvalue weighted by atomic mass is 35.5. The van der Waals surface area contributed by atoms with Gasteiger partial charge in [-0.25, -0.2) is 5.43 Å². The van der Waals surface area contributed by atoms with Crippen LogP contribution in [-0.2, 0) is 0 Å². The predicted octanol–water partition coefficient (Wildman–Crippen LogP) is 0.741. The van der Waals surface area contributed by atoms with E-state index in [0.717, 1.165) is 13.1 Å². The Morgan fingerprint density at radius 3 is 2.57 bits per heavy atom. The van der Waals surface area contributed by atoms with Crippen molar-refractivity contribution in [3.8, 4) is 0 Å². The quantitative estimate of drug-likeness (QED) is 0.475. The molecule has 1 aliphatic rings. The van der Waals surface area contributed by atoms with Crippen molar-refractivity contribution < 1.29 is 0 Å². The molecule has 0 aromatic rings. The second-order valence-electron chi connectivity index (χ2n) is 1.70. The maximum atomic E-state index is 5.54. The van der Waals surface area contributed by atoms with Gasteiger partial charge in [0, 0.05) is 13.1 Å². The van der Waals surface area contributed by atoms with Gasteiger partial charge in [-0.05, 0) is 24.6 Å². The Hall–Kier alpha value is 0.210. The first-order valence-corrected chi connectivity index (χ1v) is 2.90. The summed E-state index contributed by atoms with van der Waals surface area (Å²) in [6.07, 6.45) is 2.47. The molecule has 0 aliphatic carbocycles. The van der Waals surface area contributed by atoms with E-state index in [1.807, 2.05) is 0 Å². The molecule has 0 amide bonds. The zero-order valence-electron chi connectivity index (χ0n) is 4.15. The third kappa shape index (κ3) is 1.63. The minimum Gasteiger partial charge on any atom is -0.241 e. The van der Waals surface area contributed by atoms with E-state index in [1.165, 1.54) is 12.8 Å². The Bertz CT molecular complexity index is 51.7. The van der Waals surface area contributed by atoms with E-state index in [-0.39, 0.29) is 0 Å². The van der Waals surface area contributed by atoms with Crippen LogP contribution in [0.4, 0.5) is 0 Å². The summed E-state index contributed by atoms with van der Waals surface area (Å²) in [6.45, 7) is 2.01. The number of nitrogens with one attached hydrogen (secondary N) is 1. The van der Waals surface area contributed by atoms with Crippen LogP contribution in [0.2, 0.25) is 0 Å². The van der Waals surface area contributed by atoms with Crippen molar-refractivity contribution in [3.63, 3.8) is 0 Å². The van der Waals surface area contributed by atoms with Crippen molar-refractivity contribution in [3.05, 3.63) is 0 Å². The lowest BCUT2D eigenvalue weighted by Crippen LogP contribution is -2.35. The van der Waals surface area contributed by atoms with Crippen LogP contribution in [0, 0.1) is 0 Å². The molecule has 0 saturated carbocycles. The summed E-state index contributed by atoms with van der Waals surface area (Å²) >= 11 is 5.54. The average molecular weight is 121 g/mol. The number of hydrogen-bond acceptors (Lipinski definition) is 2. The molecule has 0 bridgehead atoms. The molecule has 42 valence electrons. The van der Waals surface area contributed by atoms with Crippen LogP contribution >= 0.6 is 11.8 Å². The first-order valence-electron chi connectivity index (χ1n) is 2.56. The minimum absolute atomic E-state index is 0.974. The molecule has 1 N–H and O–H groups in total. The van der Waals surface area contributed by atoms with Gasteiger partial charge in [-0.15, -0.1) is 0 Å². The monoisotopic (exact) mass is 120 g/mol. The fourth-order valence-electron chi connectivity index (χ4n) is 0.655. The summed E-state index contributed by atoms with van der Waals surface area (Å²) in [5.74, 6) is 0. The van der Waals surface area contributed by atoms with Crippen molar-refractivity contribution >= 4 is 11.8 Å². The lowest BCUT2D eigenvalue weighted by Gasteiger charge is -2.19. The van der Waals surface area contributed by atoms with Gasteiger partial charge in [0.05, 0.1) is 0 Å². The van der Waals surface area contributed by atoms with Gasteiger partial charge in [-0.3, -0.25) is 0 Å². The molecule has 3 heteroatoms. The largest absolute Gasteiger partial charge is 0.241 e. The highest BCUT2D eigenvalue weighted by molar-refractivity contribution is 6.13. The highest BCUT2D eigenvalue weighted by Crippen LogP contribution is 1.99. The molecule has 0 aromatic heterocycles. The van der Waals surface area contributed by atoms with Crippen molar-refractivity contribution in [1.82, 2.24) is 9.95 Å². The van der Waals surface area contributed by atoms with E-state index in [0.29, 0.717) is 0 Å². The highest BCUT2D eigenvalue weighted by Gasteiger charge is 2.03. The average Bonchev–Trinajstić information content (AvgIpc) is 1.69. The van der Waals surface area contributed by atoms with Gasteiger partial charge in [0.15, 0.2) is 0 Å². The molecule has 0 aromatic carbocycles. The van der Waals surface area contributed by atoms with Gasteiger partial charge in [-0.1, -0.05) is 0 Å². The zero-order chi connectivity index (χ0) is 5.11. The Morgan fingerprint density at radius 2 is 2.29 bits per heavy atom. The van der Waals surface area contributed by atoms with Gasteiger partial charge in [0.2, 0.25) is 0 Å². The van der Waals surface area contributed by atoms with Crippen LogP contribution in [0.15, 0.2) is 0 Å². The molecular weight excluding hydrogens is 112 g/mol. The first-order chi connectivity index (χ1) is 3.39. The smallest absolute Gasteiger partial charge is 0.0296 e. The molecule has 0 radical (unpaired) electrons. The standard InChI is InChI=1S/C4H9ClN2/c5-7-4-2-1-3-6-7/h6H,1-4H2. The van der Waals surface area contributed by atoms with E-state index in [2.05, 4.69) is 5.43 Å². The molecular formula is C4H9ClN2. The van der Waals surface area contributed by atoms with Gasteiger partial charge < -0.3 is 0 Å². The summed E-state index contributed by atoms with van der Waals surface area (Å²) in [4.78, 5) is 0. The third-order valence-corrected chi connectivity index (χ3v) is 1.35. The molecule has 2 nitrogen and oxygen atoms in total. The van der Waals surface area contributed by atoms with Crippen molar-refractivity contribution in [2.75, 3.05) is 13.1 Å². The van der Waals surface area contributed by atoms with Crippen molar-refractivity contribution in [2.24, 2.45) is 0 Å². The van der Waals surface area contributed by atoms with E-state index in [1.54, 1.807) is 4.53 Å². The van der Waals surface area contributed by atoms with Gasteiger partial charge >= 0.3 is 0 Å². The first kappa shape index (κ1) is 5.35. The Labute approximate surface area is 48.5 Å². The number of hydrogen-bond donors (Lipinski definition) is 1. The topological polar surface area (TPSA) is 15.3 Å². The van der Waals surface area contributed by atoms with Crippen molar-refractivity contribution in [2.45, 2.75) is 12.8 Å². The van der Waals surface area contributed by atoms with E-state index in [4.69, 9.17) is 11.8 Å². The molecule has 1 rings (SSSR count). The molecule has 1 fully saturated rings. The fraction of sp³-hybridized carbons (Fsp3) is 1.00. The number of halogens is 1. The van der Waals surface area contributed by atoms with Crippen molar-refractivity contribution in [1.29, 1.82) is 0 Å². The van der Waals surface area contributed by atoms with Gasteiger partial charge in [-0.2, -0.15) is 4.53 Å². The second kappa shape index (κ2) is 2.50. The summed E-state index contributed by atoms with van der Waals surface area (Å²) in [5, 5.41) is 0. The van der Waals surface area contributed by atoms with Gasteiger partial charge in [0.1, 0.15) is 0 Å². The maximum Gasteiger partial charge on any atom is 0.0296 e. The normalized spacial score (nSPS) is 25.3. The lowest BCUT2D eigenvalue weighted by atomic mass is 10.3. The zero-order valence-corrected chi connectivity index (χ0v) is 4.91. The molecule has 0 atom stereocenters. The number of rotatable bonds is 0. The second-order valence-corrected chi connectivity index (χ2v) is 2.11. The Kier molecular flexibility index (Phi) is 1.91. The SMILES string of the molecule is ClN1CCCCN1. The number of nitrogens with zero attached hydrogens (tertiary/aromatic N) is 1. The Morgan fingerprint density at radius 1 is 1.43 bits per heavy atom. The fourth-order valence-corrected chi connectivity index (χ4v) is 0.859. The van der Waals surface area contributed by atoms with E-state index in [9.17, 15) is 0 Å². The number of hydrazine groups is 1. The molecule has 1 heterocycles. The summed E-state index contributed by atoms with van der Waals surface area (Å²) < 4.78 is 1.61. The van der Waals surface area contributed by atoms with Gasteiger partial charge in [0.25, 0.3) is 0 Å². The third-order valence-electron chi connectivity index (χ3n) is 1.06. The summed E-state index contributed by atoms with van der Waals surface area (Å²) in [5.41, 5.74) is 2.98. The van der Waals surface area contributed by atoms with Crippen LogP contribution in [0.25, 0.3) is 0 Å². The molecule has 1 aliphatic heterocycles. The molecule has 7 heavy (non-hydrogen) atoms. The van der Waals surface area contributed by atoms with Crippen LogP contribution in [0.5, 0.6) is 0 Å². The van der Waals surface area contributed by atoms with Crippen LogP contribution in [-0.4, -0.2) is 17.6 Å². The maximum absolute atomic E-state index is 5.54. The lowest BCUT2D eigenvalue weighted by molar-refractivity contribution is 0.282. The molecule has 0 spiro atoms. The van der Waals surface area contributed by atoms with Crippen LogP contribution in [0.1, 0.15) is 12.8 Å².